The number of urea groups is 1. The molecule has 0 bridgehead atoms. The summed E-state index contributed by atoms with van der Waals surface area (Å²) >= 11 is 5.84. The van der Waals surface area contributed by atoms with Crippen molar-refractivity contribution in [2.24, 2.45) is 0 Å². The van der Waals surface area contributed by atoms with E-state index in [1.807, 2.05) is 12.1 Å². The van der Waals surface area contributed by atoms with Gasteiger partial charge >= 0.3 is 6.03 Å². The van der Waals surface area contributed by atoms with Gasteiger partial charge in [-0.15, -0.1) is 4.31 Å². The predicted molar refractivity (Wildman–Crippen MR) is 102 cm³/mol. The third-order valence-corrected chi connectivity index (χ3v) is 6.26. The van der Waals surface area contributed by atoms with E-state index in [0.717, 1.165) is 10.3 Å². The molecule has 3 amide bonds. The molecule has 1 fully saturated rings. The fraction of sp³-hybridized carbons (Fsp3) is 0.0526. The summed E-state index contributed by atoms with van der Waals surface area (Å²) < 4.78 is 26.3. The Morgan fingerprint density at radius 3 is 2.22 bits per heavy atom. The van der Waals surface area contributed by atoms with Gasteiger partial charge in [0.2, 0.25) is 0 Å². The van der Waals surface area contributed by atoms with Crippen molar-refractivity contribution < 1.29 is 18.0 Å². The molecule has 3 aromatic carbocycles. The molecule has 1 aliphatic rings. The SMILES string of the molecule is O=C1CN(c2ccc(Cl)cc2)C(=O)N1S(=O)(=O)c1ccc2ccccc2c1. The van der Waals surface area contributed by atoms with Crippen LogP contribution in [0.2, 0.25) is 5.02 Å². The molecule has 1 heterocycles. The van der Waals surface area contributed by atoms with Gasteiger partial charge in [0.1, 0.15) is 6.54 Å². The maximum absolute atomic E-state index is 13.0. The smallest absolute Gasteiger partial charge is 0.284 e. The molecule has 0 saturated carbocycles. The average Bonchev–Trinajstić information content (AvgIpc) is 2.96. The molecular formula is C19H13ClN2O4S. The lowest BCUT2D eigenvalue weighted by atomic mass is 10.1. The van der Waals surface area contributed by atoms with Gasteiger partial charge in [0.15, 0.2) is 0 Å². The molecule has 0 N–H and O–H groups in total. The summed E-state index contributed by atoms with van der Waals surface area (Å²) in [5.74, 6) is -0.803. The molecule has 0 aliphatic carbocycles. The summed E-state index contributed by atoms with van der Waals surface area (Å²) in [7, 11) is -4.31. The number of nitrogens with zero attached hydrogens (tertiary/aromatic N) is 2. The highest BCUT2D eigenvalue weighted by Gasteiger charge is 2.45. The van der Waals surface area contributed by atoms with Crippen LogP contribution < -0.4 is 4.90 Å². The van der Waals surface area contributed by atoms with Crippen molar-refractivity contribution in [3.8, 4) is 0 Å². The normalized spacial score (nSPS) is 15.0. The van der Waals surface area contributed by atoms with E-state index in [2.05, 4.69) is 0 Å². The summed E-state index contributed by atoms with van der Waals surface area (Å²) in [6, 6.07) is 17.1. The van der Waals surface area contributed by atoms with E-state index in [9.17, 15) is 18.0 Å². The summed E-state index contributed by atoms with van der Waals surface area (Å²) in [6.07, 6.45) is 0. The Hall–Kier alpha value is -2.90. The molecule has 136 valence electrons. The number of carbonyl (C=O) groups excluding carboxylic acids is 2. The van der Waals surface area contributed by atoms with Crippen LogP contribution in [0.4, 0.5) is 10.5 Å². The van der Waals surface area contributed by atoms with Gasteiger partial charge in [-0.2, -0.15) is 0 Å². The van der Waals surface area contributed by atoms with Gasteiger partial charge in [-0.3, -0.25) is 9.69 Å². The quantitative estimate of drug-likeness (QED) is 0.629. The molecule has 3 aromatic rings. The number of benzene rings is 3. The van der Waals surface area contributed by atoms with Crippen LogP contribution in [0.1, 0.15) is 0 Å². The summed E-state index contributed by atoms with van der Waals surface area (Å²) in [4.78, 5) is 26.1. The van der Waals surface area contributed by atoms with Gasteiger partial charge < -0.3 is 0 Å². The second kappa shape index (κ2) is 6.37. The third kappa shape index (κ3) is 2.94. The third-order valence-electron chi connectivity index (χ3n) is 4.32. The maximum atomic E-state index is 13.0. The lowest BCUT2D eigenvalue weighted by Crippen LogP contribution is -2.38. The largest absolute Gasteiger partial charge is 0.346 e. The van der Waals surface area contributed by atoms with Crippen LogP contribution in [-0.2, 0) is 14.8 Å². The van der Waals surface area contributed by atoms with Crippen molar-refractivity contribution in [2.45, 2.75) is 4.90 Å². The number of halogens is 1. The Kier molecular flexibility index (Phi) is 4.13. The molecule has 4 rings (SSSR count). The van der Waals surface area contributed by atoms with Crippen LogP contribution >= 0.6 is 11.6 Å². The van der Waals surface area contributed by atoms with Crippen LogP contribution in [0.25, 0.3) is 10.8 Å². The summed E-state index contributed by atoms with van der Waals surface area (Å²) in [5.41, 5.74) is 0.397. The number of amides is 3. The first kappa shape index (κ1) is 17.5. The van der Waals surface area contributed by atoms with Crippen LogP contribution in [-0.4, -0.2) is 31.2 Å². The highest BCUT2D eigenvalue weighted by molar-refractivity contribution is 7.90. The van der Waals surface area contributed by atoms with Crippen LogP contribution in [0.5, 0.6) is 0 Å². The standard InChI is InChI=1S/C19H13ClN2O4S/c20-15-6-8-16(9-7-15)21-12-18(23)22(19(21)24)27(25,26)17-10-5-13-3-1-2-4-14(13)11-17/h1-11H,12H2. The number of rotatable bonds is 3. The molecule has 1 saturated heterocycles. The highest BCUT2D eigenvalue weighted by atomic mass is 35.5. The Morgan fingerprint density at radius 1 is 0.852 bits per heavy atom. The zero-order chi connectivity index (χ0) is 19.2. The first-order valence-electron chi connectivity index (χ1n) is 8.02. The van der Waals surface area contributed by atoms with Crippen LogP contribution in [0, 0.1) is 0 Å². The zero-order valence-corrected chi connectivity index (χ0v) is 15.4. The topological polar surface area (TPSA) is 74.8 Å². The molecule has 0 radical (unpaired) electrons. The number of anilines is 1. The Bertz CT molecular complexity index is 1180. The van der Waals surface area contributed by atoms with E-state index in [1.54, 1.807) is 42.5 Å². The van der Waals surface area contributed by atoms with Crippen molar-refractivity contribution >= 4 is 50.0 Å². The monoisotopic (exact) mass is 400 g/mol. The molecule has 6 nitrogen and oxygen atoms in total. The lowest BCUT2D eigenvalue weighted by molar-refractivity contribution is -0.121. The van der Waals surface area contributed by atoms with E-state index < -0.39 is 22.0 Å². The molecular weight excluding hydrogens is 388 g/mol. The van der Waals surface area contributed by atoms with Gasteiger partial charge in [-0.05, 0) is 47.2 Å². The van der Waals surface area contributed by atoms with Gasteiger partial charge in [-0.1, -0.05) is 41.9 Å². The fourth-order valence-electron chi connectivity index (χ4n) is 2.98. The van der Waals surface area contributed by atoms with Gasteiger partial charge in [0.25, 0.3) is 15.9 Å². The van der Waals surface area contributed by atoms with E-state index in [0.29, 0.717) is 20.4 Å². The Morgan fingerprint density at radius 2 is 1.52 bits per heavy atom. The van der Waals surface area contributed by atoms with E-state index in [1.165, 1.54) is 12.1 Å². The first-order valence-corrected chi connectivity index (χ1v) is 9.84. The predicted octanol–water partition coefficient (Wildman–Crippen LogP) is 3.65. The first-order chi connectivity index (χ1) is 12.9. The Labute approximate surface area is 160 Å². The van der Waals surface area contributed by atoms with Crippen molar-refractivity contribution in [1.82, 2.24) is 4.31 Å². The van der Waals surface area contributed by atoms with Gasteiger partial charge in [-0.25, -0.2) is 13.2 Å². The zero-order valence-electron chi connectivity index (χ0n) is 13.9. The van der Waals surface area contributed by atoms with Crippen LogP contribution in [0.3, 0.4) is 0 Å². The second-order valence-electron chi connectivity index (χ2n) is 6.02. The molecule has 1 aliphatic heterocycles. The molecule has 27 heavy (non-hydrogen) atoms. The van der Waals surface area contributed by atoms with Crippen LogP contribution in [0.15, 0.2) is 71.6 Å². The molecule has 0 aromatic heterocycles. The number of hydrogen-bond acceptors (Lipinski definition) is 4. The minimum absolute atomic E-state index is 0.110. The number of carbonyl (C=O) groups is 2. The highest BCUT2D eigenvalue weighted by Crippen LogP contribution is 2.28. The Balaban J connectivity index is 1.73. The van der Waals surface area contributed by atoms with Crippen molar-refractivity contribution in [3.63, 3.8) is 0 Å². The number of sulfonamides is 1. The number of fused-ring (bicyclic) bond motifs is 1. The van der Waals surface area contributed by atoms with Crippen molar-refractivity contribution in [3.05, 3.63) is 71.8 Å². The van der Waals surface area contributed by atoms with E-state index >= 15 is 0 Å². The van der Waals surface area contributed by atoms with E-state index in [4.69, 9.17) is 11.6 Å². The lowest BCUT2D eigenvalue weighted by Gasteiger charge is -2.17. The van der Waals surface area contributed by atoms with Gasteiger partial charge in [0, 0.05) is 10.7 Å². The average molecular weight is 401 g/mol. The summed E-state index contributed by atoms with van der Waals surface area (Å²) in [5, 5.41) is 2.03. The maximum Gasteiger partial charge on any atom is 0.346 e. The minimum atomic E-state index is -4.31. The fourth-order valence-corrected chi connectivity index (χ4v) is 4.46. The summed E-state index contributed by atoms with van der Waals surface area (Å²) in [6.45, 7) is -0.354. The van der Waals surface area contributed by atoms with E-state index in [-0.39, 0.29) is 11.4 Å². The van der Waals surface area contributed by atoms with Crippen molar-refractivity contribution in [2.75, 3.05) is 11.4 Å². The number of imide groups is 1. The van der Waals surface area contributed by atoms with Gasteiger partial charge in [0.05, 0.1) is 4.90 Å². The molecule has 0 spiro atoms. The number of hydrogen-bond donors (Lipinski definition) is 0. The molecule has 0 atom stereocenters. The molecule has 8 heteroatoms. The second-order valence-corrected chi connectivity index (χ2v) is 8.24. The minimum Gasteiger partial charge on any atom is -0.284 e. The molecule has 0 unspecified atom stereocenters. The van der Waals surface area contributed by atoms with Crippen molar-refractivity contribution in [1.29, 1.82) is 0 Å².